The van der Waals surface area contributed by atoms with Gasteiger partial charge >= 0.3 is 0 Å². The second kappa shape index (κ2) is 9.25. The third-order valence-electron chi connectivity index (χ3n) is 8.09. The lowest BCUT2D eigenvalue weighted by Crippen LogP contribution is -2.47. The van der Waals surface area contributed by atoms with Gasteiger partial charge in [-0.25, -0.2) is 9.98 Å². The first-order chi connectivity index (χ1) is 18.2. The Morgan fingerprint density at radius 2 is 1.92 bits per heavy atom. The Morgan fingerprint density at radius 3 is 2.68 bits per heavy atom. The molecule has 6 rings (SSSR count). The van der Waals surface area contributed by atoms with E-state index >= 15 is 0 Å². The molecule has 8 heteroatoms. The van der Waals surface area contributed by atoms with Gasteiger partial charge in [0.25, 0.3) is 0 Å². The van der Waals surface area contributed by atoms with E-state index in [1.54, 1.807) is 12.4 Å². The van der Waals surface area contributed by atoms with E-state index in [2.05, 4.69) is 52.8 Å². The first-order valence-corrected chi connectivity index (χ1v) is 13.5. The van der Waals surface area contributed by atoms with E-state index in [1.165, 1.54) is 11.1 Å². The molecule has 0 radical (unpaired) electrons. The molecule has 3 aliphatic heterocycles. The molecule has 1 spiro atoms. The van der Waals surface area contributed by atoms with Crippen LogP contribution < -0.4 is 0 Å². The number of pyridine rings is 1. The third-order valence-corrected chi connectivity index (χ3v) is 8.09. The number of benzene rings is 1. The van der Waals surface area contributed by atoms with Gasteiger partial charge in [0.05, 0.1) is 16.3 Å². The lowest BCUT2D eigenvalue weighted by atomic mass is 9.78. The van der Waals surface area contributed by atoms with Crippen molar-refractivity contribution in [3.8, 4) is 6.07 Å². The topological polar surface area (TPSA) is 98.4 Å². The van der Waals surface area contributed by atoms with Crippen LogP contribution in [0.1, 0.15) is 68.1 Å². The van der Waals surface area contributed by atoms with Crippen molar-refractivity contribution in [1.29, 1.82) is 5.26 Å². The highest BCUT2D eigenvalue weighted by atomic mass is 16.2. The van der Waals surface area contributed by atoms with Crippen molar-refractivity contribution >= 4 is 28.8 Å². The molecule has 0 aliphatic carbocycles. The number of hydrogen-bond acceptors (Lipinski definition) is 7. The molecular formula is C30H33N7O. The fourth-order valence-corrected chi connectivity index (χ4v) is 6.41. The molecule has 8 nitrogen and oxygen atoms in total. The molecule has 0 N–H and O–H groups in total. The number of carbonyl (C=O) groups is 1. The maximum absolute atomic E-state index is 13.7. The lowest BCUT2D eigenvalue weighted by Gasteiger charge is -2.39. The highest BCUT2D eigenvalue weighted by Crippen LogP contribution is 2.42. The van der Waals surface area contributed by atoms with Crippen LogP contribution in [-0.4, -0.2) is 56.5 Å². The molecule has 3 aromatic rings. The van der Waals surface area contributed by atoms with Gasteiger partial charge < -0.3 is 4.90 Å². The molecule has 2 aromatic heterocycles. The van der Waals surface area contributed by atoms with Gasteiger partial charge in [0.2, 0.25) is 11.7 Å². The monoisotopic (exact) mass is 507 g/mol. The number of amides is 1. The van der Waals surface area contributed by atoms with Crippen LogP contribution in [0.3, 0.4) is 0 Å². The number of aliphatic imine (C=N–C) groups is 1. The second-order valence-corrected chi connectivity index (χ2v) is 12.2. The highest BCUT2D eigenvalue weighted by molar-refractivity contribution is 6.10. The maximum Gasteiger partial charge on any atom is 0.234 e. The number of carbonyl (C=O) groups excluding carboxylic acids is 1. The van der Waals surface area contributed by atoms with Crippen LogP contribution >= 0.6 is 0 Å². The number of nitrogens with zero attached hydrogens (tertiary/aromatic N) is 7. The number of rotatable bonds is 5. The summed E-state index contributed by atoms with van der Waals surface area (Å²) in [7, 11) is 0. The van der Waals surface area contributed by atoms with Crippen molar-refractivity contribution in [2.75, 3.05) is 19.6 Å². The average molecular weight is 508 g/mol. The van der Waals surface area contributed by atoms with Crippen LogP contribution in [-0.2, 0) is 24.3 Å². The summed E-state index contributed by atoms with van der Waals surface area (Å²) in [6.07, 6.45) is 9.11. The average Bonchev–Trinajstić information content (AvgIpc) is 3.43. The number of nitriles is 1. The van der Waals surface area contributed by atoms with Gasteiger partial charge in [0, 0.05) is 50.4 Å². The molecule has 1 atom stereocenters. The minimum absolute atomic E-state index is 0.0357. The SMILES string of the molecule is CC(C)(C)Cc1c(CN2CCCC3(CCN(Cc4ccncc4)C3=O)C2)cc2c3c(nc(C#N)nc13)N=C2. The number of likely N-dealkylation sites (tertiary alicyclic amines) is 2. The Morgan fingerprint density at radius 1 is 1.11 bits per heavy atom. The zero-order valence-corrected chi connectivity index (χ0v) is 22.4. The van der Waals surface area contributed by atoms with Crippen molar-refractivity contribution in [2.24, 2.45) is 15.8 Å². The van der Waals surface area contributed by atoms with Gasteiger partial charge in [-0.1, -0.05) is 20.8 Å². The molecule has 1 amide bonds. The van der Waals surface area contributed by atoms with Gasteiger partial charge in [0.1, 0.15) is 6.07 Å². The van der Waals surface area contributed by atoms with Crippen LogP contribution in [0.4, 0.5) is 5.82 Å². The summed E-state index contributed by atoms with van der Waals surface area (Å²) in [5.41, 5.74) is 5.08. The second-order valence-electron chi connectivity index (χ2n) is 12.2. The van der Waals surface area contributed by atoms with Crippen molar-refractivity contribution in [2.45, 2.75) is 59.5 Å². The Bertz CT molecular complexity index is 1480. The van der Waals surface area contributed by atoms with E-state index in [1.807, 2.05) is 23.2 Å². The maximum atomic E-state index is 13.7. The standard InChI is InChI=1S/C30H33N7O/c1-29(2,3)14-23-22(13-21-16-33-27-25(21)26(23)34-24(15-31)35-27)18-36-11-4-7-30(19-36)8-12-37(28(30)38)17-20-5-9-32-10-6-20/h5-6,9-10,13,16H,4,7-8,11-12,14,17-19H2,1-3H3. The zero-order valence-electron chi connectivity index (χ0n) is 22.4. The smallest absolute Gasteiger partial charge is 0.234 e. The predicted molar refractivity (Wildman–Crippen MR) is 146 cm³/mol. The highest BCUT2D eigenvalue weighted by Gasteiger charge is 2.48. The van der Waals surface area contributed by atoms with Crippen LogP contribution in [0.25, 0.3) is 10.9 Å². The first-order valence-electron chi connectivity index (χ1n) is 13.5. The fraction of sp³-hybridized carbons (Fsp3) is 0.467. The Hall–Kier alpha value is -3.70. The van der Waals surface area contributed by atoms with Gasteiger partial charge in [-0.2, -0.15) is 10.2 Å². The Kier molecular flexibility index (Phi) is 5.99. The molecule has 2 saturated heterocycles. The van der Waals surface area contributed by atoms with Crippen molar-refractivity contribution < 1.29 is 4.79 Å². The summed E-state index contributed by atoms with van der Waals surface area (Å²) in [6.45, 7) is 10.6. The molecule has 0 saturated carbocycles. The van der Waals surface area contributed by atoms with E-state index in [4.69, 9.17) is 4.98 Å². The molecule has 5 heterocycles. The molecule has 3 aliphatic rings. The molecule has 38 heavy (non-hydrogen) atoms. The summed E-state index contributed by atoms with van der Waals surface area (Å²) < 4.78 is 0. The number of piperidine rings is 1. The Balaban J connectivity index is 1.30. The molecular weight excluding hydrogens is 474 g/mol. The minimum Gasteiger partial charge on any atom is -0.338 e. The lowest BCUT2D eigenvalue weighted by molar-refractivity contribution is -0.139. The van der Waals surface area contributed by atoms with Crippen molar-refractivity contribution in [3.05, 3.63) is 58.7 Å². The van der Waals surface area contributed by atoms with Crippen LogP contribution in [0, 0.1) is 22.2 Å². The van der Waals surface area contributed by atoms with E-state index in [0.29, 0.717) is 12.4 Å². The van der Waals surface area contributed by atoms with E-state index in [0.717, 1.165) is 73.9 Å². The predicted octanol–water partition coefficient (Wildman–Crippen LogP) is 4.56. The minimum atomic E-state index is -0.312. The van der Waals surface area contributed by atoms with Gasteiger partial charge in [-0.15, -0.1) is 0 Å². The zero-order chi connectivity index (χ0) is 26.5. The largest absolute Gasteiger partial charge is 0.338 e. The molecule has 194 valence electrons. The Labute approximate surface area is 223 Å². The van der Waals surface area contributed by atoms with Gasteiger partial charge in [-0.05, 0) is 72.5 Å². The summed E-state index contributed by atoms with van der Waals surface area (Å²) in [5.74, 6) is 1.04. The van der Waals surface area contributed by atoms with Crippen LogP contribution in [0.15, 0.2) is 35.6 Å². The molecule has 0 bridgehead atoms. The summed E-state index contributed by atoms with van der Waals surface area (Å²) in [4.78, 5) is 35.8. The third kappa shape index (κ3) is 4.45. The summed E-state index contributed by atoms with van der Waals surface area (Å²) in [6, 6.07) is 8.32. The number of hydrogen-bond donors (Lipinski definition) is 0. The summed E-state index contributed by atoms with van der Waals surface area (Å²) >= 11 is 0. The van der Waals surface area contributed by atoms with Crippen LogP contribution in [0.5, 0.6) is 0 Å². The first kappa shape index (κ1) is 24.6. The molecule has 1 aromatic carbocycles. The van der Waals surface area contributed by atoms with Crippen molar-refractivity contribution in [3.63, 3.8) is 0 Å². The normalized spacial score (nSPS) is 21.1. The molecule has 1 unspecified atom stereocenters. The van der Waals surface area contributed by atoms with E-state index in [9.17, 15) is 10.1 Å². The fourth-order valence-electron chi connectivity index (χ4n) is 6.41. The summed E-state index contributed by atoms with van der Waals surface area (Å²) in [5, 5.41) is 10.5. The van der Waals surface area contributed by atoms with Crippen LogP contribution in [0.2, 0.25) is 0 Å². The van der Waals surface area contributed by atoms with Gasteiger partial charge in [0.15, 0.2) is 5.82 Å². The van der Waals surface area contributed by atoms with Gasteiger partial charge in [-0.3, -0.25) is 14.7 Å². The van der Waals surface area contributed by atoms with Crippen molar-refractivity contribution in [1.82, 2.24) is 24.8 Å². The molecule has 2 fully saturated rings. The van der Waals surface area contributed by atoms with E-state index in [-0.39, 0.29) is 22.6 Å². The quantitative estimate of drug-likeness (QED) is 0.393. The van der Waals surface area contributed by atoms with E-state index < -0.39 is 0 Å². The number of aromatic nitrogens is 3.